The van der Waals surface area contributed by atoms with Gasteiger partial charge in [0.15, 0.2) is 4.34 Å². The molecule has 134 valence electrons. The van der Waals surface area contributed by atoms with E-state index in [4.69, 9.17) is 0 Å². The Bertz CT molecular complexity index is 763. The molecular formula is C15H19N5O3S2. The number of aryl methyl sites for hydroxylation is 1. The number of nitrogens with zero attached hydrogens (tertiary/aromatic N) is 3. The minimum absolute atomic E-state index is 0.000149. The Morgan fingerprint density at radius 2 is 2.16 bits per heavy atom. The molecule has 0 saturated heterocycles. The van der Waals surface area contributed by atoms with Crippen LogP contribution in [0.3, 0.4) is 0 Å². The molecule has 0 spiro atoms. The Balaban J connectivity index is 1.85. The van der Waals surface area contributed by atoms with Crippen LogP contribution in [0.5, 0.6) is 0 Å². The Labute approximate surface area is 153 Å². The van der Waals surface area contributed by atoms with E-state index in [-0.39, 0.29) is 17.3 Å². The Kier molecular flexibility index (Phi) is 6.71. The fourth-order valence-corrected chi connectivity index (χ4v) is 3.40. The summed E-state index contributed by atoms with van der Waals surface area (Å²) in [4.78, 5) is 22.3. The fourth-order valence-electron chi connectivity index (χ4n) is 1.85. The van der Waals surface area contributed by atoms with Crippen molar-refractivity contribution in [2.24, 2.45) is 5.92 Å². The van der Waals surface area contributed by atoms with Crippen LogP contribution in [0.1, 0.15) is 19.4 Å². The molecule has 1 heterocycles. The lowest BCUT2D eigenvalue weighted by molar-refractivity contribution is -0.384. The van der Waals surface area contributed by atoms with Gasteiger partial charge in [-0.15, -0.1) is 10.2 Å². The van der Waals surface area contributed by atoms with Crippen LogP contribution in [0.2, 0.25) is 0 Å². The second-order valence-corrected chi connectivity index (χ2v) is 7.94. The molecule has 1 aromatic heterocycles. The number of rotatable bonds is 8. The normalized spacial score (nSPS) is 10.7. The van der Waals surface area contributed by atoms with Gasteiger partial charge in [-0.3, -0.25) is 14.9 Å². The van der Waals surface area contributed by atoms with Crippen molar-refractivity contribution >= 4 is 45.5 Å². The number of benzene rings is 1. The molecule has 0 radical (unpaired) electrons. The Morgan fingerprint density at radius 1 is 1.40 bits per heavy atom. The van der Waals surface area contributed by atoms with Crippen LogP contribution in [0.15, 0.2) is 22.5 Å². The zero-order chi connectivity index (χ0) is 18.4. The lowest BCUT2D eigenvalue weighted by atomic mass is 10.2. The summed E-state index contributed by atoms with van der Waals surface area (Å²) in [6.45, 7) is 6.74. The zero-order valence-electron chi connectivity index (χ0n) is 14.1. The highest BCUT2D eigenvalue weighted by molar-refractivity contribution is 8.01. The molecule has 0 aliphatic heterocycles. The summed E-state index contributed by atoms with van der Waals surface area (Å²) in [5, 5.41) is 25.5. The number of carbonyl (C=O) groups excluding carboxylic acids is 1. The summed E-state index contributed by atoms with van der Waals surface area (Å²) >= 11 is 2.71. The van der Waals surface area contributed by atoms with Gasteiger partial charge in [0.05, 0.1) is 10.7 Å². The number of hydrogen-bond donors (Lipinski definition) is 2. The van der Waals surface area contributed by atoms with Gasteiger partial charge < -0.3 is 10.6 Å². The highest BCUT2D eigenvalue weighted by Crippen LogP contribution is 2.26. The number of nitro groups is 1. The minimum atomic E-state index is -0.463. The molecule has 0 bridgehead atoms. The van der Waals surface area contributed by atoms with Crippen LogP contribution in [0, 0.1) is 23.0 Å². The first-order valence-corrected chi connectivity index (χ1v) is 9.40. The van der Waals surface area contributed by atoms with E-state index >= 15 is 0 Å². The first-order chi connectivity index (χ1) is 11.8. The van der Waals surface area contributed by atoms with Gasteiger partial charge in [-0.05, 0) is 24.5 Å². The highest BCUT2D eigenvalue weighted by Gasteiger charge is 2.12. The molecule has 0 fully saturated rings. The third-order valence-electron chi connectivity index (χ3n) is 3.09. The molecule has 0 aliphatic rings. The number of non-ortho nitro benzene ring substituents is 1. The minimum Gasteiger partial charge on any atom is -0.360 e. The van der Waals surface area contributed by atoms with Crippen molar-refractivity contribution in [2.75, 3.05) is 22.9 Å². The predicted octanol–water partition coefficient (Wildman–Crippen LogP) is 3.55. The summed E-state index contributed by atoms with van der Waals surface area (Å²) in [6.07, 6.45) is 0. The van der Waals surface area contributed by atoms with E-state index in [2.05, 4.69) is 34.7 Å². The van der Waals surface area contributed by atoms with E-state index in [1.165, 1.54) is 41.3 Å². The van der Waals surface area contributed by atoms with E-state index < -0.39 is 4.92 Å². The van der Waals surface area contributed by atoms with Crippen molar-refractivity contribution in [3.63, 3.8) is 0 Å². The highest BCUT2D eigenvalue weighted by atomic mass is 32.2. The molecule has 2 aromatic rings. The van der Waals surface area contributed by atoms with Crippen LogP contribution in [-0.4, -0.2) is 33.3 Å². The van der Waals surface area contributed by atoms with Crippen molar-refractivity contribution in [2.45, 2.75) is 25.1 Å². The number of amides is 1. The van der Waals surface area contributed by atoms with E-state index in [1.54, 1.807) is 6.92 Å². The maximum Gasteiger partial charge on any atom is 0.269 e. The summed E-state index contributed by atoms with van der Waals surface area (Å²) in [6, 6.07) is 4.34. The standard InChI is InChI=1S/C15H19N5O3S2/c1-9(2)7-16-14-18-19-15(25-14)24-8-13(21)17-12-5-4-11(20(22)23)6-10(12)3/h4-6,9H,7-8H2,1-3H3,(H,16,18)(H,17,21). The van der Waals surface area contributed by atoms with Gasteiger partial charge in [0, 0.05) is 24.4 Å². The van der Waals surface area contributed by atoms with Gasteiger partial charge in [0.2, 0.25) is 11.0 Å². The van der Waals surface area contributed by atoms with Gasteiger partial charge in [0.25, 0.3) is 5.69 Å². The number of nitro benzene ring substituents is 1. The van der Waals surface area contributed by atoms with Crippen molar-refractivity contribution in [3.05, 3.63) is 33.9 Å². The predicted molar refractivity (Wildman–Crippen MR) is 100 cm³/mol. The van der Waals surface area contributed by atoms with Crippen LogP contribution in [0.4, 0.5) is 16.5 Å². The van der Waals surface area contributed by atoms with Gasteiger partial charge >= 0.3 is 0 Å². The topological polar surface area (TPSA) is 110 Å². The van der Waals surface area contributed by atoms with Crippen LogP contribution in [0.25, 0.3) is 0 Å². The first kappa shape index (κ1) is 19.1. The maximum absolute atomic E-state index is 12.1. The molecule has 0 atom stereocenters. The maximum atomic E-state index is 12.1. The average Bonchev–Trinajstić information content (AvgIpc) is 3.00. The molecule has 0 aliphatic carbocycles. The largest absolute Gasteiger partial charge is 0.360 e. The summed E-state index contributed by atoms with van der Waals surface area (Å²) < 4.78 is 0.710. The first-order valence-electron chi connectivity index (χ1n) is 7.60. The van der Waals surface area contributed by atoms with E-state index in [9.17, 15) is 14.9 Å². The van der Waals surface area contributed by atoms with E-state index in [0.29, 0.717) is 21.5 Å². The molecule has 1 amide bonds. The second-order valence-electron chi connectivity index (χ2n) is 5.74. The van der Waals surface area contributed by atoms with Crippen LogP contribution >= 0.6 is 23.1 Å². The number of carbonyl (C=O) groups is 1. The van der Waals surface area contributed by atoms with E-state index in [1.807, 2.05) is 0 Å². The fraction of sp³-hybridized carbons (Fsp3) is 0.400. The van der Waals surface area contributed by atoms with E-state index in [0.717, 1.165) is 11.7 Å². The number of nitrogens with one attached hydrogen (secondary N) is 2. The molecule has 0 unspecified atom stereocenters. The molecule has 0 saturated carbocycles. The van der Waals surface area contributed by atoms with Gasteiger partial charge in [0.1, 0.15) is 0 Å². The second kappa shape index (κ2) is 8.77. The van der Waals surface area contributed by atoms with Crippen molar-refractivity contribution < 1.29 is 9.72 Å². The van der Waals surface area contributed by atoms with Gasteiger partial charge in [-0.1, -0.05) is 36.9 Å². The Hall–Kier alpha value is -2.20. The number of thioether (sulfide) groups is 1. The molecule has 2 rings (SSSR count). The Morgan fingerprint density at radius 3 is 2.80 bits per heavy atom. The number of anilines is 2. The third-order valence-corrected chi connectivity index (χ3v) is 5.10. The smallest absolute Gasteiger partial charge is 0.269 e. The summed E-state index contributed by atoms with van der Waals surface area (Å²) in [5.74, 6) is 0.500. The summed E-state index contributed by atoms with van der Waals surface area (Å²) in [7, 11) is 0. The van der Waals surface area contributed by atoms with Crippen LogP contribution in [-0.2, 0) is 4.79 Å². The number of aromatic nitrogens is 2. The van der Waals surface area contributed by atoms with Crippen LogP contribution < -0.4 is 10.6 Å². The summed E-state index contributed by atoms with van der Waals surface area (Å²) in [5.41, 5.74) is 1.21. The third kappa shape index (κ3) is 5.98. The zero-order valence-corrected chi connectivity index (χ0v) is 15.7. The van der Waals surface area contributed by atoms with Crippen molar-refractivity contribution in [1.82, 2.24) is 10.2 Å². The monoisotopic (exact) mass is 381 g/mol. The SMILES string of the molecule is Cc1cc([N+](=O)[O-])ccc1NC(=O)CSc1nnc(NCC(C)C)s1. The lowest BCUT2D eigenvalue weighted by Crippen LogP contribution is -2.14. The van der Waals surface area contributed by atoms with Gasteiger partial charge in [-0.25, -0.2) is 0 Å². The molecule has 8 nitrogen and oxygen atoms in total. The van der Waals surface area contributed by atoms with Crippen molar-refractivity contribution in [1.29, 1.82) is 0 Å². The molecule has 1 aromatic carbocycles. The van der Waals surface area contributed by atoms with Crippen molar-refractivity contribution in [3.8, 4) is 0 Å². The average molecular weight is 381 g/mol. The number of hydrogen-bond acceptors (Lipinski definition) is 8. The van der Waals surface area contributed by atoms with Gasteiger partial charge in [-0.2, -0.15) is 0 Å². The lowest BCUT2D eigenvalue weighted by Gasteiger charge is -2.07. The molecule has 2 N–H and O–H groups in total. The molecule has 25 heavy (non-hydrogen) atoms. The molecule has 10 heteroatoms. The quantitative estimate of drug-likeness (QED) is 0.409. The molecular weight excluding hydrogens is 362 g/mol.